The molecule has 0 bridgehead atoms. The van der Waals surface area contributed by atoms with E-state index in [1.807, 2.05) is 6.08 Å². The first-order valence-corrected chi connectivity index (χ1v) is 21.9. The van der Waals surface area contributed by atoms with Crippen LogP contribution in [0.15, 0.2) is 48.6 Å². The number of hydrogen-bond acceptors (Lipinski definition) is 5. The Morgan fingerprint density at radius 1 is 0.538 bits per heavy atom. The van der Waals surface area contributed by atoms with Gasteiger partial charge in [0.25, 0.3) is 0 Å². The molecule has 0 spiro atoms. The number of carbonyl (C=O) groups is 2. The van der Waals surface area contributed by atoms with Crippen molar-refractivity contribution in [2.45, 2.75) is 219 Å². The number of unbranched alkanes of at least 4 members (excludes halogenated alkanes) is 22. The second kappa shape index (κ2) is 41.6. The number of nitrogens with one attached hydrogen (secondary N) is 1. The van der Waals surface area contributed by atoms with Crippen molar-refractivity contribution in [1.29, 1.82) is 0 Å². The van der Waals surface area contributed by atoms with Gasteiger partial charge in [0, 0.05) is 12.8 Å². The number of rotatable bonds is 39. The molecule has 6 heteroatoms. The molecular weight excluding hydrogens is 647 g/mol. The van der Waals surface area contributed by atoms with Crippen LogP contribution in [-0.2, 0) is 14.3 Å². The number of amides is 1. The van der Waals surface area contributed by atoms with Crippen molar-refractivity contribution < 1.29 is 24.5 Å². The maximum atomic E-state index is 12.4. The Morgan fingerprint density at radius 2 is 1.00 bits per heavy atom. The number of hydrogen-bond donors (Lipinski definition) is 3. The van der Waals surface area contributed by atoms with E-state index in [4.69, 9.17) is 4.74 Å². The molecule has 52 heavy (non-hydrogen) atoms. The molecule has 0 fully saturated rings. The number of allylic oxidation sites excluding steroid dienone is 7. The number of aliphatic hydroxyl groups is 2. The molecule has 0 saturated heterocycles. The van der Waals surface area contributed by atoms with E-state index in [0.717, 1.165) is 89.9 Å². The molecule has 0 saturated carbocycles. The van der Waals surface area contributed by atoms with Gasteiger partial charge in [-0.05, 0) is 83.5 Å². The van der Waals surface area contributed by atoms with Crippen LogP contribution in [0.1, 0.15) is 206 Å². The van der Waals surface area contributed by atoms with Gasteiger partial charge in [0.2, 0.25) is 5.91 Å². The summed E-state index contributed by atoms with van der Waals surface area (Å²) in [6, 6.07) is -0.653. The van der Waals surface area contributed by atoms with E-state index in [9.17, 15) is 19.8 Å². The van der Waals surface area contributed by atoms with E-state index < -0.39 is 12.1 Å². The first-order chi connectivity index (χ1) is 25.5. The van der Waals surface area contributed by atoms with Crippen molar-refractivity contribution in [1.82, 2.24) is 5.32 Å². The van der Waals surface area contributed by atoms with Gasteiger partial charge in [-0.25, -0.2) is 0 Å². The van der Waals surface area contributed by atoms with Crippen LogP contribution in [-0.4, -0.2) is 47.4 Å². The first-order valence-electron chi connectivity index (χ1n) is 21.9. The van der Waals surface area contributed by atoms with Gasteiger partial charge in [0.15, 0.2) is 0 Å². The summed E-state index contributed by atoms with van der Waals surface area (Å²) < 4.78 is 5.40. The van der Waals surface area contributed by atoms with Gasteiger partial charge in [0.1, 0.15) is 0 Å². The fourth-order valence-corrected chi connectivity index (χ4v) is 6.13. The summed E-state index contributed by atoms with van der Waals surface area (Å²) >= 11 is 0. The number of ether oxygens (including phenoxy) is 1. The molecule has 302 valence electrons. The van der Waals surface area contributed by atoms with Gasteiger partial charge in [-0.3, -0.25) is 9.59 Å². The van der Waals surface area contributed by atoms with Crippen LogP contribution in [0, 0.1) is 0 Å². The zero-order valence-corrected chi connectivity index (χ0v) is 34.0. The topological polar surface area (TPSA) is 95.9 Å². The van der Waals surface area contributed by atoms with Crippen molar-refractivity contribution in [2.24, 2.45) is 0 Å². The van der Waals surface area contributed by atoms with Crippen molar-refractivity contribution in [2.75, 3.05) is 13.2 Å². The molecule has 1 amide bonds. The molecule has 0 aromatic rings. The minimum absolute atomic E-state index is 0.0555. The van der Waals surface area contributed by atoms with E-state index >= 15 is 0 Å². The first kappa shape index (κ1) is 49.8. The zero-order valence-electron chi connectivity index (χ0n) is 34.0. The number of carbonyl (C=O) groups excluding carboxylic acids is 2. The molecule has 3 N–H and O–H groups in total. The van der Waals surface area contributed by atoms with Crippen molar-refractivity contribution in [3.05, 3.63) is 48.6 Å². The van der Waals surface area contributed by atoms with E-state index in [-0.39, 0.29) is 18.5 Å². The molecule has 6 nitrogen and oxygen atoms in total. The third-order valence-electron chi connectivity index (χ3n) is 9.54. The molecule has 0 aliphatic rings. The van der Waals surface area contributed by atoms with E-state index in [0.29, 0.717) is 19.4 Å². The fraction of sp³-hybridized carbons (Fsp3) is 0.783. The standard InChI is InChI=1S/C46H83NO5/c1-3-5-7-9-11-13-15-17-19-24-28-32-36-40-46(51)52-41-37-33-29-25-21-20-23-27-31-35-39-45(50)47-43(42-48)44(49)38-34-30-26-22-18-16-14-12-10-8-6-4-2/h7,9,13,15,21,25,34,38,43-44,48-49H,3-6,8,10-12,14,16-20,22-24,26-33,35-37,39-42H2,1-2H3,(H,47,50)/b9-7-,15-13-,25-21-,38-34+. The van der Waals surface area contributed by atoms with Gasteiger partial charge in [-0.1, -0.05) is 159 Å². The highest BCUT2D eigenvalue weighted by molar-refractivity contribution is 5.76. The van der Waals surface area contributed by atoms with Crippen LogP contribution < -0.4 is 5.32 Å². The van der Waals surface area contributed by atoms with E-state index in [1.54, 1.807) is 6.08 Å². The minimum atomic E-state index is -0.866. The molecular formula is C46H83NO5. The van der Waals surface area contributed by atoms with Crippen LogP contribution in [0.25, 0.3) is 0 Å². The zero-order chi connectivity index (χ0) is 38.0. The monoisotopic (exact) mass is 730 g/mol. The van der Waals surface area contributed by atoms with E-state index in [1.165, 1.54) is 89.9 Å². The maximum Gasteiger partial charge on any atom is 0.305 e. The second-order valence-corrected chi connectivity index (χ2v) is 14.7. The van der Waals surface area contributed by atoms with E-state index in [2.05, 4.69) is 55.6 Å². The minimum Gasteiger partial charge on any atom is -0.466 e. The Bertz CT molecular complexity index is 895. The van der Waals surface area contributed by atoms with Gasteiger partial charge in [-0.2, -0.15) is 0 Å². The lowest BCUT2D eigenvalue weighted by Crippen LogP contribution is -2.45. The summed E-state index contributed by atoms with van der Waals surface area (Å²) in [5.41, 5.74) is 0. The maximum absolute atomic E-state index is 12.4. The highest BCUT2D eigenvalue weighted by Gasteiger charge is 2.17. The summed E-state index contributed by atoms with van der Waals surface area (Å²) in [4.78, 5) is 24.3. The Kier molecular flexibility index (Phi) is 39.8. The van der Waals surface area contributed by atoms with Crippen LogP contribution in [0.2, 0.25) is 0 Å². The van der Waals surface area contributed by atoms with Crippen LogP contribution in [0.5, 0.6) is 0 Å². The van der Waals surface area contributed by atoms with Crippen LogP contribution in [0.4, 0.5) is 0 Å². The molecule has 0 aromatic carbocycles. The normalized spacial score (nSPS) is 13.2. The van der Waals surface area contributed by atoms with Crippen LogP contribution >= 0.6 is 0 Å². The highest BCUT2D eigenvalue weighted by Crippen LogP contribution is 2.13. The molecule has 0 aliphatic carbocycles. The lowest BCUT2D eigenvalue weighted by Gasteiger charge is -2.20. The summed E-state index contributed by atoms with van der Waals surface area (Å²) in [6.45, 7) is 4.70. The summed E-state index contributed by atoms with van der Waals surface area (Å²) in [7, 11) is 0. The smallest absolute Gasteiger partial charge is 0.305 e. The average Bonchev–Trinajstić information content (AvgIpc) is 3.14. The second-order valence-electron chi connectivity index (χ2n) is 14.7. The quantitative estimate of drug-likeness (QED) is 0.0332. The van der Waals surface area contributed by atoms with Crippen molar-refractivity contribution >= 4 is 11.9 Å². The molecule has 0 radical (unpaired) electrons. The Balaban J connectivity index is 3.61. The third-order valence-corrected chi connectivity index (χ3v) is 9.54. The largest absolute Gasteiger partial charge is 0.466 e. The number of esters is 1. The number of aliphatic hydroxyl groups excluding tert-OH is 2. The highest BCUT2D eigenvalue weighted by atomic mass is 16.5. The lowest BCUT2D eigenvalue weighted by molar-refractivity contribution is -0.143. The average molecular weight is 730 g/mol. The lowest BCUT2D eigenvalue weighted by atomic mass is 10.1. The van der Waals surface area contributed by atoms with Gasteiger partial charge < -0.3 is 20.3 Å². The molecule has 2 atom stereocenters. The van der Waals surface area contributed by atoms with Gasteiger partial charge in [-0.15, -0.1) is 0 Å². The van der Waals surface area contributed by atoms with Crippen molar-refractivity contribution in [3.63, 3.8) is 0 Å². The summed E-state index contributed by atoms with van der Waals surface area (Å²) in [5, 5.41) is 22.9. The van der Waals surface area contributed by atoms with Gasteiger partial charge in [0.05, 0.1) is 25.4 Å². The molecule has 0 aromatic heterocycles. The molecule has 0 rings (SSSR count). The van der Waals surface area contributed by atoms with Gasteiger partial charge >= 0.3 is 5.97 Å². The van der Waals surface area contributed by atoms with Crippen LogP contribution in [0.3, 0.4) is 0 Å². The predicted molar refractivity (Wildman–Crippen MR) is 222 cm³/mol. The Labute approximate surface area is 321 Å². The third kappa shape index (κ3) is 37.6. The summed E-state index contributed by atoms with van der Waals surface area (Å²) in [5.74, 6) is -0.164. The molecule has 0 heterocycles. The summed E-state index contributed by atoms with van der Waals surface area (Å²) in [6.07, 6.45) is 49.5. The Morgan fingerprint density at radius 3 is 1.56 bits per heavy atom. The SMILES string of the molecule is CCC/C=C\C/C=C\CCCCCCCC(=O)OCCCC/C=C\CCCCCCC(=O)NC(CO)C(O)/C=C/CCCCCCCCCCCC. The molecule has 0 aliphatic heterocycles. The Hall–Kier alpha value is -2.18. The van der Waals surface area contributed by atoms with Crippen molar-refractivity contribution in [3.8, 4) is 0 Å². The molecule has 2 unspecified atom stereocenters. The fourth-order valence-electron chi connectivity index (χ4n) is 6.13. The predicted octanol–water partition coefficient (Wildman–Crippen LogP) is 12.3.